The van der Waals surface area contributed by atoms with Crippen molar-refractivity contribution in [2.75, 3.05) is 19.6 Å². The van der Waals surface area contributed by atoms with Crippen LogP contribution in [0.3, 0.4) is 0 Å². The summed E-state index contributed by atoms with van der Waals surface area (Å²) in [5, 5.41) is 2.67. The lowest BCUT2D eigenvalue weighted by Crippen LogP contribution is -2.41. The van der Waals surface area contributed by atoms with Crippen LogP contribution in [0.25, 0.3) is 0 Å². The lowest BCUT2D eigenvalue weighted by atomic mass is 9.94. The van der Waals surface area contributed by atoms with E-state index >= 15 is 0 Å². The number of carbonyl (C=O) groups excluding carboxylic acids is 2. The first-order valence-electron chi connectivity index (χ1n) is 8.98. The molecule has 0 saturated carbocycles. The van der Waals surface area contributed by atoms with Crippen molar-refractivity contribution in [1.82, 2.24) is 10.2 Å². The number of rotatable bonds is 4. The van der Waals surface area contributed by atoms with E-state index in [0.29, 0.717) is 32.5 Å². The van der Waals surface area contributed by atoms with E-state index in [0.717, 1.165) is 18.6 Å². The maximum Gasteiger partial charge on any atom is 0.407 e. The van der Waals surface area contributed by atoms with Crippen LogP contribution in [0.2, 0.25) is 0 Å². The number of carbonyl (C=O) groups is 2. The second kappa shape index (κ2) is 8.63. The Kier molecular flexibility index (Phi) is 6.73. The van der Waals surface area contributed by atoms with Crippen molar-refractivity contribution in [2.24, 2.45) is 5.92 Å². The summed E-state index contributed by atoms with van der Waals surface area (Å²) in [7, 11) is 0. The molecule has 2 rings (SSSR count). The Morgan fingerprint density at radius 3 is 2.59 bits per heavy atom. The van der Waals surface area contributed by atoms with Gasteiger partial charge in [-0.25, -0.2) is 18.0 Å². The van der Waals surface area contributed by atoms with Gasteiger partial charge < -0.3 is 15.0 Å². The molecule has 8 heteroatoms. The quantitative estimate of drug-likeness (QED) is 0.799. The molecule has 1 fully saturated rings. The number of amides is 2. The largest absolute Gasteiger partial charge is 0.444 e. The van der Waals surface area contributed by atoms with Crippen LogP contribution in [-0.2, 0) is 4.74 Å². The SMILES string of the molecule is CC(C)(C)OC(=O)NCC[C@H]1CCCN(C(=O)c2ccc(F)c(F)c2F)C1. The van der Waals surface area contributed by atoms with Gasteiger partial charge in [-0.05, 0) is 58.1 Å². The molecule has 0 bridgehead atoms. The highest BCUT2D eigenvalue weighted by molar-refractivity contribution is 5.94. The molecular formula is C19H25F3N2O3. The van der Waals surface area contributed by atoms with Gasteiger partial charge in [0.2, 0.25) is 0 Å². The molecule has 1 atom stereocenters. The lowest BCUT2D eigenvalue weighted by molar-refractivity contribution is 0.0514. The van der Waals surface area contributed by atoms with Crippen molar-refractivity contribution in [3.05, 3.63) is 35.1 Å². The predicted molar refractivity (Wildman–Crippen MR) is 93.8 cm³/mol. The Bertz CT molecular complexity index is 704. The normalized spacial score (nSPS) is 17.6. The molecule has 1 aromatic carbocycles. The zero-order chi connectivity index (χ0) is 20.2. The van der Waals surface area contributed by atoms with Crippen LogP contribution < -0.4 is 5.32 Å². The average Bonchev–Trinajstić information content (AvgIpc) is 2.58. The molecule has 0 unspecified atom stereocenters. The summed E-state index contributed by atoms with van der Waals surface area (Å²) in [5.74, 6) is -4.97. The van der Waals surface area contributed by atoms with Gasteiger partial charge in [-0.1, -0.05) is 0 Å². The van der Waals surface area contributed by atoms with Gasteiger partial charge in [-0.3, -0.25) is 4.79 Å². The maximum absolute atomic E-state index is 13.9. The fourth-order valence-corrected chi connectivity index (χ4v) is 3.04. The molecule has 1 aliphatic heterocycles. The average molecular weight is 386 g/mol. The van der Waals surface area contributed by atoms with Crippen molar-refractivity contribution < 1.29 is 27.5 Å². The second-order valence-electron chi connectivity index (χ2n) is 7.70. The van der Waals surface area contributed by atoms with Crippen molar-refractivity contribution >= 4 is 12.0 Å². The molecule has 2 amide bonds. The Hall–Kier alpha value is -2.25. The summed E-state index contributed by atoms with van der Waals surface area (Å²) in [6.07, 6.45) is 1.70. The van der Waals surface area contributed by atoms with E-state index in [1.54, 1.807) is 20.8 Å². The number of piperidine rings is 1. The zero-order valence-corrected chi connectivity index (χ0v) is 15.8. The number of nitrogens with one attached hydrogen (secondary N) is 1. The van der Waals surface area contributed by atoms with Gasteiger partial charge in [0.05, 0.1) is 5.56 Å². The van der Waals surface area contributed by atoms with Crippen LogP contribution in [0.1, 0.15) is 50.4 Å². The molecule has 1 heterocycles. The van der Waals surface area contributed by atoms with E-state index in [1.165, 1.54) is 4.90 Å². The molecule has 0 aliphatic carbocycles. The summed E-state index contributed by atoms with van der Waals surface area (Å²) < 4.78 is 45.5. The Balaban J connectivity index is 1.89. The highest BCUT2D eigenvalue weighted by Gasteiger charge is 2.28. The van der Waals surface area contributed by atoms with Crippen molar-refractivity contribution in [2.45, 2.75) is 45.6 Å². The van der Waals surface area contributed by atoms with Crippen LogP contribution in [0.4, 0.5) is 18.0 Å². The zero-order valence-electron chi connectivity index (χ0n) is 15.8. The monoisotopic (exact) mass is 386 g/mol. The van der Waals surface area contributed by atoms with Gasteiger partial charge in [0, 0.05) is 19.6 Å². The predicted octanol–water partition coefficient (Wildman–Crippen LogP) is 3.87. The molecular weight excluding hydrogens is 361 g/mol. The third-order valence-electron chi connectivity index (χ3n) is 4.29. The van der Waals surface area contributed by atoms with Crippen molar-refractivity contribution in [3.63, 3.8) is 0 Å². The highest BCUT2D eigenvalue weighted by Crippen LogP contribution is 2.23. The van der Waals surface area contributed by atoms with Gasteiger partial charge in [0.1, 0.15) is 5.60 Å². The first-order chi connectivity index (χ1) is 12.6. The number of ether oxygens (including phenoxy) is 1. The van der Waals surface area contributed by atoms with Crippen molar-refractivity contribution in [3.8, 4) is 0 Å². The molecule has 27 heavy (non-hydrogen) atoms. The van der Waals surface area contributed by atoms with Crippen LogP contribution in [0, 0.1) is 23.4 Å². The summed E-state index contributed by atoms with van der Waals surface area (Å²) in [6, 6.07) is 1.71. The van der Waals surface area contributed by atoms with E-state index < -0.39 is 40.6 Å². The summed E-state index contributed by atoms with van der Waals surface area (Å²) in [4.78, 5) is 25.6. The molecule has 1 aliphatic rings. The molecule has 0 spiro atoms. The maximum atomic E-state index is 13.9. The third kappa shape index (κ3) is 5.87. The number of hydrogen-bond donors (Lipinski definition) is 1. The number of nitrogens with zero attached hydrogens (tertiary/aromatic N) is 1. The van der Waals surface area contributed by atoms with E-state index in [4.69, 9.17) is 4.74 Å². The van der Waals surface area contributed by atoms with Gasteiger partial charge >= 0.3 is 6.09 Å². The summed E-state index contributed by atoms with van der Waals surface area (Å²) in [5.41, 5.74) is -1.05. The molecule has 1 saturated heterocycles. The van der Waals surface area contributed by atoms with E-state index in [9.17, 15) is 22.8 Å². The Morgan fingerprint density at radius 1 is 1.22 bits per heavy atom. The minimum absolute atomic E-state index is 0.117. The highest BCUT2D eigenvalue weighted by atomic mass is 19.2. The van der Waals surface area contributed by atoms with Crippen LogP contribution in [-0.4, -0.2) is 42.1 Å². The number of halogens is 3. The van der Waals surface area contributed by atoms with Crippen LogP contribution >= 0.6 is 0 Å². The lowest BCUT2D eigenvalue weighted by Gasteiger charge is -2.33. The second-order valence-corrected chi connectivity index (χ2v) is 7.70. The van der Waals surface area contributed by atoms with Gasteiger partial charge in [-0.15, -0.1) is 0 Å². The first-order valence-corrected chi connectivity index (χ1v) is 8.98. The topological polar surface area (TPSA) is 58.6 Å². The van der Waals surface area contributed by atoms with Crippen molar-refractivity contribution in [1.29, 1.82) is 0 Å². The molecule has 0 aromatic heterocycles. The molecule has 1 N–H and O–H groups in total. The van der Waals surface area contributed by atoms with Crippen LogP contribution in [0.15, 0.2) is 12.1 Å². The number of likely N-dealkylation sites (tertiary alicyclic amines) is 1. The summed E-state index contributed by atoms with van der Waals surface area (Å²) in [6.45, 7) is 6.50. The standard InChI is InChI=1S/C19H25F3N2O3/c1-19(2,3)27-18(26)23-9-8-12-5-4-10-24(11-12)17(25)13-6-7-14(20)16(22)15(13)21/h6-7,12H,4-5,8-11H2,1-3H3,(H,23,26)/t12-/m1/s1. The number of benzene rings is 1. The first kappa shape index (κ1) is 21.1. The van der Waals surface area contributed by atoms with E-state index in [-0.39, 0.29) is 5.92 Å². The minimum Gasteiger partial charge on any atom is -0.444 e. The molecule has 0 radical (unpaired) electrons. The molecule has 150 valence electrons. The Morgan fingerprint density at radius 2 is 1.93 bits per heavy atom. The minimum atomic E-state index is -1.64. The molecule has 1 aromatic rings. The third-order valence-corrected chi connectivity index (χ3v) is 4.29. The van der Waals surface area contributed by atoms with Gasteiger partial charge in [0.15, 0.2) is 17.5 Å². The smallest absolute Gasteiger partial charge is 0.407 e. The van der Waals surface area contributed by atoms with E-state index in [2.05, 4.69) is 5.32 Å². The number of alkyl carbamates (subject to hydrolysis) is 1. The van der Waals surface area contributed by atoms with E-state index in [1.807, 2.05) is 0 Å². The Labute approximate surface area is 156 Å². The van der Waals surface area contributed by atoms with Gasteiger partial charge in [-0.2, -0.15) is 0 Å². The fourth-order valence-electron chi connectivity index (χ4n) is 3.04. The fraction of sp³-hybridized carbons (Fsp3) is 0.579. The molecule has 5 nitrogen and oxygen atoms in total. The number of hydrogen-bond acceptors (Lipinski definition) is 3. The summed E-state index contributed by atoms with van der Waals surface area (Å²) >= 11 is 0. The van der Waals surface area contributed by atoms with Crippen LogP contribution in [0.5, 0.6) is 0 Å². The van der Waals surface area contributed by atoms with Gasteiger partial charge in [0.25, 0.3) is 5.91 Å².